The van der Waals surface area contributed by atoms with Gasteiger partial charge in [0.25, 0.3) is 0 Å². The molecule has 0 radical (unpaired) electrons. The van der Waals surface area contributed by atoms with E-state index in [1.54, 1.807) is 11.9 Å². The van der Waals surface area contributed by atoms with Crippen LogP contribution in [-0.2, 0) is 6.42 Å². The number of aromatic amines is 1. The first-order valence-corrected chi connectivity index (χ1v) is 16.1. The summed E-state index contributed by atoms with van der Waals surface area (Å²) in [5, 5.41) is 5.59. The lowest BCUT2D eigenvalue weighted by atomic mass is 10.1. The molecule has 2 aliphatic heterocycles. The smallest absolute Gasteiger partial charge is 0.134 e. The monoisotopic (exact) mass is 604 g/mol. The normalized spacial score (nSPS) is 16.8. The molecule has 2 aromatic carbocycles. The highest BCUT2D eigenvalue weighted by molar-refractivity contribution is 7.97. The molecule has 4 aromatic rings. The fourth-order valence-electron chi connectivity index (χ4n) is 5.61. The fraction of sp³-hybridized carbons (Fsp3) is 0.406. The minimum absolute atomic E-state index is 0.781. The maximum Gasteiger partial charge on any atom is 0.134 e. The molecule has 2 fully saturated rings. The Morgan fingerprint density at radius 2 is 1.57 bits per heavy atom. The van der Waals surface area contributed by atoms with Crippen molar-refractivity contribution in [3.8, 4) is 0 Å². The van der Waals surface area contributed by atoms with E-state index in [-0.39, 0.29) is 0 Å². The van der Waals surface area contributed by atoms with Crippen LogP contribution in [0.5, 0.6) is 0 Å². The van der Waals surface area contributed by atoms with Gasteiger partial charge < -0.3 is 29.9 Å². The first-order valence-electron chi connectivity index (χ1n) is 14.9. The number of nitrogens with zero attached hydrogens (tertiary/aromatic N) is 5. The Hall–Kier alpha value is -2.95. The highest BCUT2D eigenvalue weighted by atomic mass is 35.5. The van der Waals surface area contributed by atoms with Crippen LogP contribution in [0.1, 0.15) is 12.0 Å². The summed E-state index contributed by atoms with van der Waals surface area (Å²) < 4.78 is 3.52. The molecule has 0 atom stereocenters. The zero-order valence-corrected chi connectivity index (χ0v) is 26.1. The van der Waals surface area contributed by atoms with Gasteiger partial charge >= 0.3 is 0 Å². The maximum absolute atomic E-state index is 6.20. The summed E-state index contributed by atoms with van der Waals surface area (Å²) in [6.45, 7) is 9.31. The third-order valence-corrected chi connectivity index (χ3v) is 9.35. The Kier molecular flexibility index (Phi) is 9.41. The molecule has 0 aliphatic carbocycles. The number of H-pyrrole nitrogens is 1. The third kappa shape index (κ3) is 7.33. The lowest BCUT2D eigenvalue weighted by Crippen LogP contribution is -2.45. The Labute approximate surface area is 258 Å². The Morgan fingerprint density at radius 1 is 0.857 bits per heavy atom. The van der Waals surface area contributed by atoms with Gasteiger partial charge in [0.15, 0.2) is 0 Å². The standard InChI is InChI=1S/C32H41ClN8S/c1-38-12-16-40(17-13-38)27-21-31(37-32(22-27)41-18-14-39(2)15-19-41)36-26-6-8-28(9-7-26)42-35-11-3-4-24-23-34-30-10-5-25(33)20-29(24)30/h5-10,20-23,34-35H,3-4,11-19H2,1-2H3,(H,36,37). The number of piperazine rings is 2. The predicted molar refractivity (Wildman–Crippen MR) is 179 cm³/mol. The number of rotatable bonds is 10. The second-order valence-electron chi connectivity index (χ2n) is 11.4. The van der Waals surface area contributed by atoms with E-state index in [0.29, 0.717) is 0 Å². The van der Waals surface area contributed by atoms with Gasteiger partial charge in [-0.15, -0.1) is 0 Å². The van der Waals surface area contributed by atoms with Crippen molar-refractivity contribution in [2.75, 3.05) is 88.1 Å². The lowest BCUT2D eigenvalue weighted by Gasteiger charge is -2.36. The molecule has 0 spiro atoms. The van der Waals surface area contributed by atoms with Crippen LogP contribution >= 0.6 is 23.5 Å². The van der Waals surface area contributed by atoms with E-state index < -0.39 is 0 Å². The summed E-state index contributed by atoms with van der Waals surface area (Å²) in [6.07, 6.45) is 4.16. The van der Waals surface area contributed by atoms with E-state index in [1.807, 2.05) is 18.2 Å². The van der Waals surface area contributed by atoms with Crippen molar-refractivity contribution < 1.29 is 0 Å². The molecule has 0 unspecified atom stereocenters. The van der Waals surface area contributed by atoms with E-state index in [1.165, 1.54) is 21.5 Å². The Bertz CT molecular complexity index is 1420. The van der Waals surface area contributed by atoms with Crippen molar-refractivity contribution in [1.29, 1.82) is 0 Å². The average Bonchev–Trinajstić information content (AvgIpc) is 3.40. The van der Waals surface area contributed by atoms with E-state index in [0.717, 1.165) is 99.6 Å². The SMILES string of the molecule is CN1CCN(c2cc(Nc3ccc(SNCCCc4c[nH]c5ccc(Cl)cc45)cc3)nc(N3CCN(C)CC3)c2)CC1. The molecule has 6 rings (SSSR count). The van der Waals surface area contributed by atoms with Gasteiger partial charge in [-0.05, 0) is 86.9 Å². The van der Waals surface area contributed by atoms with Crippen LogP contribution < -0.4 is 19.8 Å². The molecule has 2 aromatic heterocycles. The number of hydrogen-bond acceptors (Lipinski definition) is 8. The molecule has 222 valence electrons. The van der Waals surface area contributed by atoms with Crippen LogP contribution in [0.15, 0.2) is 65.7 Å². The molecule has 3 N–H and O–H groups in total. The van der Waals surface area contributed by atoms with Crippen molar-refractivity contribution in [1.82, 2.24) is 24.5 Å². The third-order valence-electron chi connectivity index (χ3n) is 8.26. The van der Waals surface area contributed by atoms with Crippen molar-refractivity contribution in [3.63, 3.8) is 0 Å². The highest BCUT2D eigenvalue weighted by Crippen LogP contribution is 2.29. The Morgan fingerprint density at radius 3 is 2.31 bits per heavy atom. The number of nitrogens with one attached hydrogen (secondary N) is 3. The van der Waals surface area contributed by atoms with Gasteiger partial charge in [-0.2, -0.15) is 0 Å². The lowest BCUT2D eigenvalue weighted by molar-refractivity contribution is 0.311. The largest absolute Gasteiger partial charge is 0.369 e. The van der Waals surface area contributed by atoms with E-state index in [4.69, 9.17) is 16.6 Å². The summed E-state index contributed by atoms with van der Waals surface area (Å²) in [5.74, 6) is 1.96. The molecule has 4 heterocycles. The van der Waals surface area contributed by atoms with Gasteiger partial charge in [-0.25, -0.2) is 4.98 Å². The number of halogens is 1. The first-order chi connectivity index (χ1) is 20.5. The minimum atomic E-state index is 0.781. The molecule has 0 amide bonds. The zero-order chi connectivity index (χ0) is 28.9. The van der Waals surface area contributed by atoms with E-state index in [9.17, 15) is 0 Å². The van der Waals surface area contributed by atoms with Crippen LogP contribution in [0.25, 0.3) is 10.9 Å². The van der Waals surface area contributed by atoms with Crippen molar-refractivity contribution in [3.05, 3.63) is 71.4 Å². The summed E-state index contributed by atoms with van der Waals surface area (Å²) >= 11 is 7.88. The van der Waals surface area contributed by atoms with Crippen LogP contribution in [0.2, 0.25) is 5.02 Å². The molecule has 2 saturated heterocycles. The molecular weight excluding hydrogens is 564 g/mol. The van der Waals surface area contributed by atoms with Crippen LogP contribution in [0.3, 0.4) is 0 Å². The number of aryl methyl sites for hydroxylation is 1. The molecule has 0 saturated carbocycles. The fourth-order valence-corrected chi connectivity index (χ4v) is 6.47. The number of pyridine rings is 1. The number of aromatic nitrogens is 2. The predicted octanol–water partition coefficient (Wildman–Crippen LogP) is 5.69. The maximum atomic E-state index is 6.20. The van der Waals surface area contributed by atoms with Crippen LogP contribution in [0, 0.1) is 0 Å². The van der Waals surface area contributed by atoms with Crippen LogP contribution in [0.4, 0.5) is 23.0 Å². The summed E-state index contributed by atoms with van der Waals surface area (Å²) in [4.78, 5) is 19.3. The van der Waals surface area contributed by atoms with Crippen molar-refractivity contribution in [2.24, 2.45) is 0 Å². The number of fused-ring (bicyclic) bond motifs is 1. The number of benzene rings is 2. The van der Waals surface area contributed by atoms with Gasteiger partial charge in [0.1, 0.15) is 11.6 Å². The Balaban J connectivity index is 1.05. The number of anilines is 4. The topological polar surface area (TPSA) is 65.7 Å². The quantitative estimate of drug-likeness (QED) is 0.158. The van der Waals surface area contributed by atoms with Gasteiger partial charge in [-0.3, -0.25) is 4.72 Å². The van der Waals surface area contributed by atoms with Crippen LogP contribution in [-0.4, -0.2) is 92.8 Å². The van der Waals surface area contributed by atoms with E-state index >= 15 is 0 Å². The summed E-state index contributed by atoms with van der Waals surface area (Å²) in [5.41, 5.74) is 4.75. The first kappa shape index (κ1) is 29.1. The van der Waals surface area contributed by atoms with Gasteiger partial charge in [0.2, 0.25) is 0 Å². The zero-order valence-electron chi connectivity index (χ0n) is 24.6. The van der Waals surface area contributed by atoms with Crippen molar-refractivity contribution in [2.45, 2.75) is 17.7 Å². The van der Waals surface area contributed by atoms with E-state index in [2.05, 4.69) is 91.3 Å². The molecule has 10 heteroatoms. The number of likely N-dealkylation sites (N-methyl/N-ethyl adjacent to an activating group) is 2. The second-order valence-corrected chi connectivity index (χ2v) is 12.8. The molecule has 2 aliphatic rings. The van der Waals surface area contributed by atoms with Gasteiger partial charge in [0, 0.05) is 109 Å². The highest BCUT2D eigenvalue weighted by Gasteiger charge is 2.20. The summed E-state index contributed by atoms with van der Waals surface area (Å²) in [6, 6.07) is 19.1. The molecule has 42 heavy (non-hydrogen) atoms. The molecule has 8 nitrogen and oxygen atoms in total. The number of hydrogen-bond donors (Lipinski definition) is 3. The van der Waals surface area contributed by atoms with Gasteiger partial charge in [-0.1, -0.05) is 11.6 Å². The van der Waals surface area contributed by atoms with Gasteiger partial charge in [0.05, 0.1) is 0 Å². The minimum Gasteiger partial charge on any atom is -0.369 e. The van der Waals surface area contributed by atoms with Crippen molar-refractivity contribution >= 4 is 57.5 Å². The second kappa shape index (κ2) is 13.6. The summed E-state index contributed by atoms with van der Waals surface area (Å²) in [7, 11) is 4.39. The molecule has 0 bridgehead atoms. The average molecular weight is 605 g/mol. The molecular formula is C32H41ClN8S.